The van der Waals surface area contributed by atoms with Gasteiger partial charge in [0.2, 0.25) is 0 Å². The van der Waals surface area contributed by atoms with Crippen molar-refractivity contribution in [3.63, 3.8) is 0 Å². The molecule has 1 aromatic carbocycles. The number of benzene rings is 1. The average molecular weight is 300 g/mol. The number of halogens is 2. The molecule has 2 aromatic rings. The Morgan fingerprint density at radius 1 is 1.53 bits per heavy atom. The highest BCUT2D eigenvalue weighted by Gasteiger charge is 2.11. The lowest BCUT2D eigenvalue weighted by Crippen LogP contribution is -2.01. The first-order valence-electron chi connectivity index (χ1n) is 5.57. The van der Waals surface area contributed by atoms with E-state index in [1.54, 1.807) is 12.1 Å². The van der Waals surface area contributed by atoms with Crippen LogP contribution in [0.2, 0.25) is 5.02 Å². The largest absolute Gasteiger partial charge is 0.469 e. The molecule has 0 radical (unpaired) electrons. The predicted molar refractivity (Wildman–Crippen MR) is 72.9 cm³/mol. The van der Waals surface area contributed by atoms with Crippen LogP contribution in [0.25, 0.3) is 10.6 Å². The molecule has 6 heteroatoms. The van der Waals surface area contributed by atoms with Crippen LogP contribution in [0.15, 0.2) is 23.6 Å². The summed E-state index contributed by atoms with van der Waals surface area (Å²) in [4.78, 5) is 15.3. The quantitative estimate of drug-likeness (QED) is 0.808. The molecule has 0 bridgehead atoms. The minimum atomic E-state index is -0.402. The Balaban J connectivity index is 2.14. The van der Waals surface area contributed by atoms with Crippen LogP contribution in [0.1, 0.15) is 12.1 Å². The van der Waals surface area contributed by atoms with Gasteiger partial charge in [-0.25, -0.2) is 9.37 Å². The smallest absolute Gasteiger partial charge is 0.305 e. The summed E-state index contributed by atoms with van der Waals surface area (Å²) in [5, 5.41) is 2.74. The van der Waals surface area contributed by atoms with Crippen molar-refractivity contribution in [1.29, 1.82) is 0 Å². The molecule has 0 unspecified atom stereocenters. The van der Waals surface area contributed by atoms with Crippen molar-refractivity contribution in [2.45, 2.75) is 12.8 Å². The van der Waals surface area contributed by atoms with Crippen LogP contribution >= 0.6 is 22.9 Å². The lowest BCUT2D eigenvalue weighted by Gasteiger charge is -1.99. The molecule has 0 atom stereocenters. The highest BCUT2D eigenvalue weighted by Crippen LogP contribution is 2.28. The molecule has 2 rings (SSSR count). The van der Waals surface area contributed by atoms with Crippen LogP contribution < -0.4 is 0 Å². The summed E-state index contributed by atoms with van der Waals surface area (Å²) in [6.07, 6.45) is 0.751. The Morgan fingerprint density at radius 3 is 3.00 bits per heavy atom. The second-order valence-electron chi connectivity index (χ2n) is 3.84. The predicted octanol–water partition coefficient (Wildman–Crippen LogP) is 3.71. The number of carbonyl (C=O) groups excluding carboxylic acids is 1. The van der Waals surface area contributed by atoms with Crippen molar-refractivity contribution >= 4 is 28.9 Å². The number of esters is 1. The zero-order valence-electron chi connectivity index (χ0n) is 10.2. The van der Waals surface area contributed by atoms with Gasteiger partial charge in [-0.15, -0.1) is 11.3 Å². The van der Waals surface area contributed by atoms with E-state index in [1.807, 2.05) is 5.38 Å². The van der Waals surface area contributed by atoms with Gasteiger partial charge >= 0.3 is 5.97 Å². The summed E-state index contributed by atoms with van der Waals surface area (Å²) < 4.78 is 18.3. The third-order valence-corrected chi connectivity index (χ3v) is 3.69. The molecule has 0 spiro atoms. The summed E-state index contributed by atoms with van der Waals surface area (Å²) >= 11 is 7.04. The molecule has 100 valence electrons. The number of rotatable bonds is 4. The molecule has 0 saturated carbocycles. The van der Waals surface area contributed by atoms with Crippen molar-refractivity contribution in [3.8, 4) is 10.6 Å². The SMILES string of the molecule is COC(=O)CCc1csc(-c2ccc(Cl)cc2F)n1. The van der Waals surface area contributed by atoms with Gasteiger partial charge < -0.3 is 4.74 Å². The number of hydrogen-bond donors (Lipinski definition) is 0. The fourth-order valence-corrected chi connectivity index (χ4v) is 2.58. The van der Waals surface area contributed by atoms with E-state index in [2.05, 4.69) is 9.72 Å². The maximum atomic E-state index is 13.7. The minimum absolute atomic E-state index is 0.267. The Kier molecular flexibility index (Phi) is 4.50. The van der Waals surface area contributed by atoms with E-state index < -0.39 is 5.82 Å². The minimum Gasteiger partial charge on any atom is -0.469 e. The zero-order valence-corrected chi connectivity index (χ0v) is 11.7. The first kappa shape index (κ1) is 14.0. The van der Waals surface area contributed by atoms with E-state index in [9.17, 15) is 9.18 Å². The summed E-state index contributed by atoms with van der Waals surface area (Å²) in [5.41, 5.74) is 1.17. The number of carbonyl (C=O) groups is 1. The van der Waals surface area contributed by atoms with E-state index in [0.29, 0.717) is 22.0 Å². The number of aryl methyl sites for hydroxylation is 1. The first-order chi connectivity index (χ1) is 9.10. The van der Waals surface area contributed by atoms with Gasteiger partial charge in [0.25, 0.3) is 0 Å². The summed E-state index contributed by atoms with van der Waals surface area (Å²) in [7, 11) is 1.35. The normalized spacial score (nSPS) is 10.5. The number of thiazole rings is 1. The van der Waals surface area contributed by atoms with E-state index in [4.69, 9.17) is 11.6 Å². The van der Waals surface area contributed by atoms with E-state index in [-0.39, 0.29) is 12.4 Å². The van der Waals surface area contributed by atoms with Crippen LogP contribution in [-0.2, 0) is 16.0 Å². The van der Waals surface area contributed by atoms with Gasteiger partial charge in [-0.05, 0) is 18.2 Å². The third kappa shape index (κ3) is 3.52. The second-order valence-corrected chi connectivity index (χ2v) is 5.14. The Labute approximate surface area is 119 Å². The van der Waals surface area contributed by atoms with Gasteiger partial charge in [0.1, 0.15) is 10.8 Å². The molecule has 1 aromatic heterocycles. The van der Waals surface area contributed by atoms with Gasteiger partial charge in [0, 0.05) is 22.4 Å². The Hall–Kier alpha value is -1.46. The third-order valence-electron chi connectivity index (χ3n) is 2.53. The highest BCUT2D eigenvalue weighted by molar-refractivity contribution is 7.13. The first-order valence-corrected chi connectivity index (χ1v) is 6.82. The molecular formula is C13H11ClFNO2S. The summed E-state index contributed by atoms with van der Waals surface area (Å²) in [6, 6.07) is 4.47. The van der Waals surface area contributed by atoms with Gasteiger partial charge in [0.15, 0.2) is 0 Å². The fourth-order valence-electron chi connectivity index (χ4n) is 1.54. The average Bonchev–Trinajstić information content (AvgIpc) is 2.84. The molecule has 0 fully saturated rings. The monoisotopic (exact) mass is 299 g/mol. The molecule has 0 aliphatic rings. The molecule has 0 aliphatic carbocycles. The lowest BCUT2D eigenvalue weighted by atomic mass is 10.2. The van der Waals surface area contributed by atoms with Crippen LogP contribution in [0.3, 0.4) is 0 Å². The van der Waals surface area contributed by atoms with E-state index >= 15 is 0 Å². The zero-order chi connectivity index (χ0) is 13.8. The maximum Gasteiger partial charge on any atom is 0.305 e. The topological polar surface area (TPSA) is 39.2 Å². The van der Waals surface area contributed by atoms with E-state index in [0.717, 1.165) is 5.69 Å². The highest BCUT2D eigenvalue weighted by atomic mass is 35.5. The Bertz CT molecular complexity index is 600. The molecular weight excluding hydrogens is 289 g/mol. The number of methoxy groups -OCH3 is 1. The van der Waals surface area contributed by atoms with Gasteiger partial charge in [-0.3, -0.25) is 4.79 Å². The van der Waals surface area contributed by atoms with Crippen molar-refractivity contribution < 1.29 is 13.9 Å². The van der Waals surface area contributed by atoms with Crippen LogP contribution in [-0.4, -0.2) is 18.1 Å². The molecule has 1 heterocycles. The number of nitrogens with zero attached hydrogens (tertiary/aromatic N) is 1. The fraction of sp³-hybridized carbons (Fsp3) is 0.231. The molecule has 0 amide bonds. The van der Waals surface area contributed by atoms with Gasteiger partial charge in [-0.2, -0.15) is 0 Å². The maximum absolute atomic E-state index is 13.7. The van der Waals surface area contributed by atoms with Crippen LogP contribution in [0, 0.1) is 5.82 Å². The lowest BCUT2D eigenvalue weighted by molar-refractivity contribution is -0.140. The van der Waals surface area contributed by atoms with Crippen molar-refractivity contribution in [2.75, 3.05) is 7.11 Å². The van der Waals surface area contributed by atoms with Crippen LogP contribution in [0.5, 0.6) is 0 Å². The molecule has 0 N–H and O–H groups in total. The van der Waals surface area contributed by atoms with Crippen molar-refractivity contribution in [1.82, 2.24) is 4.98 Å². The molecule has 3 nitrogen and oxygen atoms in total. The second kappa shape index (κ2) is 6.12. The number of ether oxygens (including phenoxy) is 1. The van der Waals surface area contributed by atoms with Crippen molar-refractivity contribution in [3.05, 3.63) is 40.1 Å². The number of aromatic nitrogens is 1. The standard InChI is InChI=1S/C13H11ClFNO2S/c1-18-12(17)5-3-9-7-19-13(16-9)10-4-2-8(14)6-11(10)15/h2,4,6-7H,3,5H2,1H3. The van der Waals surface area contributed by atoms with Crippen molar-refractivity contribution in [2.24, 2.45) is 0 Å². The molecule has 0 saturated heterocycles. The number of hydrogen-bond acceptors (Lipinski definition) is 4. The molecule has 0 aliphatic heterocycles. The van der Waals surface area contributed by atoms with E-state index in [1.165, 1.54) is 24.5 Å². The molecule has 19 heavy (non-hydrogen) atoms. The van der Waals surface area contributed by atoms with Gasteiger partial charge in [-0.1, -0.05) is 11.6 Å². The van der Waals surface area contributed by atoms with Gasteiger partial charge in [0.05, 0.1) is 19.2 Å². The Morgan fingerprint density at radius 2 is 2.32 bits per heavy atom. The summed E-state index contributed by atoms with van der Waals surface area (Å²) in [5.74, 6) is -0.686. The van der Waals surface area contributed by atoms with Crippen LogP contribution in [0.4, 0.5) is 4.39 Å². The summed E-state index contributed by atoms with van der Waals surface area (Å²) in [6.45, 7) is 0.